The third-order valence-corrected chi connectivity index (χ3v) is 5.68. The highest BCUT2D eigenvalue weighted by Crippen LogP contribution is 2.36. The Hall–Kier alpha value is -3.49. The number of ether oxygens (including phenoxy) is 1. The van der Waals surface area contributed by atoms with Crippen LogP contribution in [0.1, 0.15) is 61.1 Å². The van der Waals surface area contributed by atoms with Gasteiger partial charge in [-0.3, -0.25) is 0 Å². The molecule has 2 aromatic rings. The van der Waals surface area contributed by atoms with Gasteiger partial charge in [-0.05, 0) is 67.5 Å². The second-order valence-electron chi connectivity index (χ2n) is 8.29. The molecule has 9 heteroatoms. The first kappa shape index (κ1) is 24.2. The van der Waals surface area contributed by atoms with Gasteiger partial charge < -0.3 is 25.5 Å². The van der Waals surface area contributed by atoms with Gasteiger partial charge in [-0.1, -0.05) is 13.8 Å². The van der Waals surface area contributed by atoms with Crippen LogP contribution in [0.4, 0.5) is 20.7 Å². The molecule has 1 fully saturated rings. The smallest absolute Gasteiger partial charge is 0.409 e. The number of nitrogens with zero attached hydrogens (tertiary/aromatic N) is 2. The minimum atomic E-state index is -1.18. The first-order valence-electron chi connectivity index (χ1n) is 11.0. The number of piperidine rings is 1. The maximum atomic E-state index is 13.4. The van der Waals surface area contributed by atoms with Crippen LogP contribution in [-0.2, 0) is 4.74 Å². The highest BCUT2D eigenvalue weighted by atomic mass is 19.1. The fourth-order valence-electron chi connectivity index (χ4n) is 3.92. The normalized spacial score (nSPS) is 14.3. The SMILES string of the molecule is CCOC(=O)N1CCC(c2cc(C(=O)O)nc(Nc3ccc(F)cc3)c2C(=N)C(C)C)CC1. The van der Waals surface area contributed by atoms with E-state index < -0.39 is 11.8 Å². The molecule has 0 saturated carbocycles. The number of amides is 1. The summed E-state index contributed by atoms with van der Waals surface area (Å²) in [6, 6.07) is 7.19. The summed E-state index contributed by atoms with van der Waals surface area (Å²) in [7, 11) is 0. The second kappa shape index (κ2) is 10.4. The Balaban J connectivity index is 2.03. The molecule has 1 aromatic heterocycles. The molecule has 0 spiro atoms. The van der Waals surface area contributed by atoms with Crippen LogP contribution in [0.25, 0.3) is 0 Å². The average molecular weight is 457 g/mol. The number of hydrogen-bond donors (Lipinski definition) is 3. The molecule has 1 saturated heterocycles. The number of aromatic carboxylic acids is 1. The van der Waals surface area contributed by atoms with Crippen molar-refractivity contribution in [1.29, 1.82) is 5.41 Å². The predicted octanol–water partition coefficient (Wildman–Crippen LogP) is 5.02. The molecule has 1 aliphatic rings. The highest BCUT2D eigenvalue weighted by Gasteiger charge is 2.30. The minimum Gasteiger partial charge on any atom is -0.477 e. The van der Waals surface area contributed by atoms with Crippen molar-refractivity contribution in [2.24, 2.45) is 5.92 Å². The van der Waals surface area contributed by atoms with E-state index in [1.165, 1.54) is 30.3 Å². The van der Waals surface area contributed by atoms with Crippen LogP contribution < -0.4 is 5.32 Å². The van der Waals surface area contributed by atoms with E-state index >= 15 is 0 Å². The summed E-state index contributed by atoms with van der Waals surface area (Å²) in [6.45, 7) is 6.80. The number of carboxylic acids is 1. The fraction of sp³-hybridized carbons (Fsp3) is 0.417. The van der Waals surface area contributed by atoms with E-state index in [0.29, 0.717) is 55.1 Å². The molecule has 2 heterocycles. The summed E-state index contributed by atoms with van der Waals surface area (Å²) >= 11 is 0. The molecule has 176 valence electrons. The Morgan fingerprint density at radius 3 is 2.45 bits per heavy atom. The maximum absolute atomic E-state index is 13.4. The lowest BCUT2D eigenvalue weighted by atomic mass is 9.83. The third-order valence-electron chi connectivity index (χ3n) is 5.68. The number of aromatic nitrogens is 1. The van der Waals surface area contributed by atoms with Gasteiger partial charge in [0.05, 0.1) is 6.61 Å². The van der Waals surface area contributed by atoms with Crippen LogP contribution in [-0.4, -0.2) is 52.5 Å². The topological polar surface area (TPSA) is 116 Å². The van der Waals surface area contributed by atoms with E-state index in [2.05, 4.69) is 10.3 Å². The zero-order valence-electron chi connectivity index (χ0n) is 19.0. The lowest BCUT2D eigenvalue weighted by molar-refractivity contribution is 0.0690. The number of pyridine rings is 1. The molecule has 0 bridgehead atoms. The lowest BCUT2D eigenvalue weighted by Crippen LogP contribution is -2.38. The maximum Gasteiger partial charge on any atom is 0.409 e. The molecule has 3 rings (SSSR count). The van der Waals surface area contributed by atoms with Crippen molar-refractivity contribution in [2.45, 2.75) is 39.5 Å². The fourth-order valence-corrected chi connectivity index (χ4v) is 3.92. The number of anilines is 2. The number of hydrogen-bond acceptors (Lipinski definition) is 6. The molecule has 33 heavy (non-hydrogen) atoms. The number of benzene rings is 1. The Morgan fingerprint density at radius 2 is 1.91 bits per heavy atom. The number of nitrogens with one attached hydrogen (secondary N) is 2. The Labute approximate surface area is 192 Å². The molecule has 0 atom stereocenters. The van der Waals surface area contributed by atoms with E-state index in [1.54, 1.807) is 11.8 Å². The van der Waals surface area contributed by atoms with Crippen LogP contribution in [0.2, 0.25) is 0 Å². The van der Waals surface area contributed by atoms with Gasteiger partial charge in [0.25, 0.3) is 0 Å². The van der Waals surface area contributed by atoms with Crippen LogP contribution >= 0.6 is 0 Å². The van der Waals surface area contributed by atoms with Crippen LogP contribution in [0.15, 0.2) is 30.3 Å². The Morgan fingerprint density at radius 1 is 1.27 bits per heavy atom. The van der Waals surface area contributed by atoms with E-state index in [1.807, 2.05) is 13.8 Å². The van der Waals surface area contributed by atoms with Gasteiger partial charge in [0.15, 0.2) is 5.69 Å². The summed E-state index contributed by atoms with van der Waals surface area (Å²) in [6.07, 6.45) is 0.859. The van der Waals surface area contributed by atoms with Crippen LogP contribution in [0, 0.1) is 17.1 Å². The van der Waals surface area contributed by atoms with Crippen LogP contribution in [0.3, 0.4) is 0 Å². The van der Waals surface area contributed by atoms with Gasteiger partial charge in [-0.25, -0.2) is 19.0 Å². The number of likely N-dealkylation sites (tertiary alicyclic amines) is 1. The Kier molecular flexibility index (Phi) is 7.63. The number of rotatable bonds is 7. The van der Waals surface area contributed by atoms with Crippen molar-refractivity contribution >= 4 is 29.3 Å². The highest BCUT2D eigenvalue weighted by molar-refractivity contribution is 6.06. The zero-order chi connectivity index (χ0) is 24.1. The summed E-state index contributed by atoms with van der Waals surface area (Å²) in [5, 5.41) is 21.5. The molecule has 1 aromatic carbocycles. The molecule has 8 nitrogen and oxygen atoms in total. The monoisotopic (exact) mass is 456 g/mol. The first-order valence-corrected chi connectivity index (χ1v) is 11.0. The number of carboxylic acid groups (broad SMARTS) is 1. The summed E-state index contributed by atoms with van der Waals surface area (Å²) in [5.41, 5.74) is 1.99. The summed E-state index contributed by atoms with van der Waals surface area (Å²) in [5.74, 6) is -1.50. The van der Waals surface area contributed by atoms with Crippen molar-refractivity contribution in [1.82, 2.24) is 9.88 Å². The van der Waals surface area contributed by atoms with E-state index in [4.69, 9.17) is 10.1 Å². The van der Waals surface area contributed by atoms with Gasteiger partial charge in [-0.2, -0.15) is 0 Å². The van der Waals surface area contributed by atoms with Gasteiger partial charge in [-0.15, -0.1) is 0 Å². The molecule has 3 N–H and O–H groups in total. The second-order valence-corrected chi connectivity index (χ2v) is 8.29. The number of halogens is 1. The molecule has 1 amide bonds. The molecule has 0 unspecified atom stereocenters. The van der Waals surface area contributed by atoms with E-state index in [9.17, 15) is 19.1 Å². The van der Waals surface area contributed by atoms with Crippen LogP contribution in [0.5, 0.6) is 0 Å². The van der Waals surface area contributed by atoms with Crippen molar-refractivity contribution in [3.8, 4) is 0 Å². The number of carbonyl (C=O) groups excluding carboxylic acids is 1. The summed E-state index contributed by atoms with van der Waals surface area (Å²) in [4.78, 5) is 29.9. The quantitative estimate of drug-likeness (QED) is 0.504. The molecule has 0 radical (unpaired) electrons. The van der Waals surface area contributed by atoms with E-state index in [-0.39, 0.29) is 29.4 Å². The van der Waals surface area contributed by atoms with Crippen molar-refractivity contribution in [2.75, 3.05) is 25.0 Å². The summed E-state index contributed by atoms with van der Waals surface area (Å²) < 4.78 is 18.4. The van der Waals surface area contributed by atoms with Crippen molar-refractivity contribution in [3.05, 3.63) is 53.0 Å². The van der Waals surface area contributed by atoms with Gasteiger partial charge >= 0.3 is 12.1 Å². The average Bonchev–Trinajstić information content (AvgIpc) is 2.79. The van der Waals surface area contributed by atoms with Gasteiger partial charge in [0.2, 0.25) is 0 Å². The predicted molar refractivity (Wildman–Crippen MR) is 123 cm³/mol. The molecular formula is C24H29FN4O4. The van der Waals surface area contributed by atoms with Gasteiger partial charge in [0, 0.05) is 30.1 Å². The molecular weight excluding hydrogens is 427 g/mol. The largest absolute Gasteiger partial charge is 0.477 e. The zero-order valence-corrected chi connectivity index (χ0v) is 19.0. The van der Waals surface area contributed by atoms with Gasteiger partial charge in [0.1, 0.15) is 11.6 Å². The number of carbonyl (C=O) groups is 2. The standard InChI is InChI=1S/C24H29FN4O4/c1-4-33-24(32)29-11-9-15(10-12-29)18-13-19(23(30)31)28-22(20(18)21(26)14(2)3)27-17-7-5-16(25)6-8-17/h5-8,13-15,26H,4,9-12H2,1-3H3,(H,27,28)(H,30,31). The van der Waals surface area contributed by atoms with Crippen molar-refractivity contribution in [3.63, 3.8) is 0 Å². The van der Waals surface area contributed by atoms with E-state index in [0.717, 1.165) is 0 Å². The lowest BCUT2D eigenvalue weighted by Gasteiger charge is -2.33. The first-order chi connectivity index (χ1) is 15.7. The Bertz CT molecular complexity index is 1030. The van der Waals surface area contributed by atoms with Crippen molar-refractivity contribution < 1.29 is 23.8 Å². The molecule has 0 aliphatic carbocycles. The minimum absolute atomic E-state index is 0.0559. The molecule has 1 aliphatic heterocycles. The third kappa shape index (κ3) is 5.66.